The number of benzene rings is 2. The normalized spacial score (nSPS) is 20.6. The molecule has 0 fully saturated rings. The first-order valence-corrected chi connectivity index (χ1v) is 10.2. The zero-order valence-electron chi connectivity index (χ0n) is 14.8. The van der Waals surface area contributed by atoms with E-state index in [1.807, 2.05) is 29.0 Å². The molecular formula is C19H19N3O5S. The van der Waals surface area contributed by atoms with Crippen LogP contribution in [0.3, 0.4) is 0 Å². The number of aliphatic hydroxyl groups excluding tert-OH is 1. The quantitative estimate of drug-likeness (QED) is 0.620. The van der Waals surface area contributed by atoms with Crippen LogP contribution < -0.4 is 14.3 Å². The first-order valence-electron chi connectivity index (χ1n) is 8.75. The Hall–Kier alpha value is -3.20. The van der Waals surface area contributed by atoms with Gasteiger partial charge in [-0.2, -0.15) is 8.42 Å². The summed E-state index contributed by atoms with van der Waals surface area (Å²) in [5.41, 5.74) is 2.77. The van der Waals surface area contributed by atoms with Crippen LogP contribution in [0.4, 0.5) is 5.69 Å². The van der Waals surface area contributed by atoms with Gasteiger partial charge in [0.25, 0.3) is 0 Å². The summed E-state index contributed by atoms with van der Waals surface area (Å²) in [6.45, 7) is 0.576. The van der Waals surface area contributed by atoms with Crippen LogP contribution in [-0.2, 0) is 27.8 Å². The van der Waals surface area contributed by atoms with Crippen LogP contribution in [0.5, 0.6) is 5.75 Å². The maximum Gasteiger partial charge on any atom is 0.330 e. The van der Waals surface area contributed by atoms with E-state index in [0.29, 0.717) is 18.5 Å². The number of phenolic OH excluding ortho intramolecular Hbond substituents is 1. The van der Waals surface area contributed by atoms with Gasteiger partial charge in [0.2, 0.25) is 11.8 Å². The van der Waals surface area contributed by atoms with Crippen molar-refractivity contribution in [2.24, 2.45) is 0 Å². The third-order valence-corrected chi connectivity index (χ3v) is 6.18. The van der Waals surface area contributed by atoms with Gasteiger partial charge in [0.15, 0.2) is 0 Å². The van der Waals surface area contributed by atoms with Crippen LogP contribution >= 0.6 is 0 Å². The van der Waals surface area contributed by atoms with Crippen molar-refractivity contribution in [2.75, 3.05) is 10.8 Å². The number of aromatic hydroxyl groups is 1. The topological polar surface area (TPSA) is 119 Å². The molecule has 0 saturated carbocycles. The van der Waals surface area contributed by atoms with Gasteiger partial charge in [-0.05, 0) is 41.7 Å². The van der Waals surface area contributed by atoms with Crippen molar-refractivity contribution >= 4 is 21.8 Å². The van der Waals surface area contributed by atoms with E-state index in [0.717, 1.165) is 28.1 Å². The Morgan fingerprint density at radius 2 is 1.93 bits per heavy atom. The summed E-state index contributed by atoms with van der Waals surface area (Å²) in [5, 5.41) is 22.7. The summed E-state index contributed by atoms with van der Waals surface area (Å²) >= 11 is 0. The van der Waals surface area contributed by atoms with Gasteiger partial charge in [-0.1, -0.05) is 30.3 Å². The number of rotatable bonds is 3. The molecule has 1 amide bonds. The molecule has 2 aliphatic rings. The number of phenols is 1. The minimum Gasteiger partial charge on any atom is -0.506 e. The fourth-order valence-electron chi connectivity index (χ4n) is 3.59. The van der Waals surface area contributed by atoms with Gasteiger partial charge in [0, 0.05) is 6.54 Å². The van der Waals surface area contributed by atoms with Gasteiger partial charge in [-0.25, -0.2) is 9.03 Å². The summed E-state index contributed by atoms with van der Waals surface area (Å²) in [7, 11) is -3.99. The van der Waals surface area contributed by atoms with Gasteiger partial charge in [-0.15, -0.1) is 0 Å². The highest BCUT2D eigenvalue weighted by atomic mass is 32.2. The molecule has 4 rings (SSSR count). The zero-order valence-corrected chi connectivity index (χ0v) is 15.6. The molecule has 2 aliphatic heterocycles. The monoisotopic (exact) mass is 401 g/mol. The average Bonchev–Trinajstić information content (AvgIpc) is 2.82. The van der Waals surface area contributed by atoms with Gasteiger partial charge in [0.05, 0.1) is 12.1 Å². The number of aliphatic hydroxyl groups is 1. The molecule has 0 aromatic heterocycles. The predicted octanol–water partition coefficient (Wildman–Crippen LogP) is 1.40. The molecule has 0 saturated heterocycles. The highest BCUT2D eigenvalue weighted by Gasteiger charge is 2.31. The van der Waals surface area contributed by atoms with E-state index >= 15 is 0 Å². The van der Waals surface area contributed by atoms with Crippen LogP contribution in [0, 0.1) is 0 Å². The third-order valence-electron chi connectivity index (χ3n) is 4.89. The number of fused-ring (bicyclic) bond motifs is 1. The molecule has 0 radical (unpaired) electrons. The predicted molar refractivity (Wildman–Crippen MR) is 103 cm³/mol. The minimum atomic E-state index is -3.99. The summed E-state index contributed by atoms with van der Waals surface area (Å²) in [4.78, 5) is 12.6. The molecule has 28 heavy (non-hydrogen) atoms. The van der Waals surface area contributed by atoms with Gasteiger partial charge in [0.1, 0.15) is 11.4 Å². The van der Waals surface area contributed by atoms with Crippen molar-refractivity contribution in [3.05, 3.63) is 71.2 Å². The van der Waals surface area contributed by atoms with Crippen LogP contribution in [0.25, 0.3) is 0 Å². The Kier molecular flexibility index (Phi) is 4.38. The number of hydrogen-bond acceptors (Lipinski definition) is 5. The van der Waals surface area contributed by atoms with Crippen molar-refractivity contribution < 1.29 is 23.4 Å². The Morgan fingerprint density at radius 1 is 1.14 bits per heavy atom. The number of hydrogen-bond donors (Lipinski definition) is 4. The number of carbonyl (C=O) groups excluding carboxylic acids is 1. The molecular weight excluding hydrogens is 382 g/mol. The Morgan fingerprint density at radius 3 is 2.64 bits per heavy atom. The first kappa shape index (κ1) is 18.2. The summed E-state index contributed by atoms with van der Waals surface area (Å²) < 4.78 is 26.7. The van der Waals surface area contributed by atoms with Crippen molar-refractivity contribution in [2.45, 2.75) is 18.8 Å². The SMILES string of the molecule is O=C1NCCc2ccccc2C1Cc1ccc(N2C=C(O)NS2(=O)=O)c(O)c1. The molecule has 0 aliphatic carbocycles. The van der Waals surface area contributed by atoms with E-state index in [2.05, 4.69) is 5.32 Å². The molecule has 8 nitrogen and oxygen atoms in total. The van der Waals surface area contributed by atoms with Gasteiger partial charge < -0.3 is 15.5 Å². The highest BCUT2D eigenvalue weighted by Crippen LogP contribution is 2.34. The number of anilines is 1. The van der Waals surface area contributed by atoms with Crippen LogP contribution in [0.2, 0.25) is 0 Å². The van der Waals surface area contributed by atoms with E-state index in [9.17, 15) is 23.4 Å². The molecule has 2 aromatic rings. The molecule has 2 heterocycles. The smallest absolute Gasteiger partial charge is 0.330 e. The lowest BCUT2D eigenvalue weighted by Gasteiger charge is -2.19. The Labute approximate surface area is 162 Å². The number of nitrogens with one attached hydrogen (secondary N) is 2. The molecule has 0 spiro atoms. The lowest BCUT2D eigenvalue weighted by Crippen LogP contribution is -2.30. The van der Waals surface area contributed by atoms with E-state index in [1.165, 1.54) is 12.1 Å². The highest BCUT2D eigenvalue weighted by molar-refractivity contribution is 7.91. The fraction of sp³-hybridized carbons (Fsp3) is 0.211. The van der Waals surface area contributed by atoms with Crippen LogP contribution in [-0.4, -0.2) is 31.1 Å². The number of carbonyl (C=O) groups is 1. The standard InChI is InChI=1S/C19H19N3O5S/c23-17-10-12(5-6-16(17)22-11-18(24)21-28(22,26)27)9-15-14-4-2-1-3-13(14)7-8-20-19(15)25/h1-6,10-11,15,21,23-24H,7-9H2,(H,20,25). The average molecular weight is 401 g/mol. The largest absolute Gasteiger partial charge is 0.506 e. The van der Waals surface area contributed by atoms with E-state index in [1.54, 1.807) is 6.07 Å². The number of nitrogens with zero attached hydrogens (tertiary/aromatic N) is 1. The van der Waals surface area contributed by atoms with Gasteiger partial charge in [-0.3, -0.25) is 4.79 Å². The molecule has 146 valence electrons. The lowest BCUT2D eigenvalue weighted by molar-refractivity contribution is -0.122. The third kappa shape index (κ3) is 3.24. The van der Waals surface area contributed by atoms with Crippen molar-refractivity contribution in [3.8, 4) is 5.75 Å². The molecule has 1 unspecified atom stereocenters. The van der Waals surface area contributed by atoms with Crippen molar-refractivity contribution in [1.82, 2.24) is 10.0 Å². The van der Waals surface area contributed by atoms with E-state index in [-0.39, 0.29) is 17.3 Å². The Balaban J connectivity index is 1.65. The minimum absolute atomic E-state index is 0.00557. The van der Waals surface area contributed by atoms with E-state index in [4.69, 9.17) is 0 Å². The zero-order chi connectivity index (χ0) is 19.9. The van der Waals surface area contributed by atoms with Crippen LogP contribution in [0.1, 0.15) is 22.6 Å². The molecule has 9 heteroatoms. The maximum atomic E-state index is 12.6. The summed E-state index contributed by atoms with van der Waals surface area (Å²) in [6.07, 6.45) is 2.10. The van der Waals surface area contributed by atoms with Crippen LogP contribution in [0.15, 0.2) is 54.5 Å². The maximum absolute atomic E-state index is 12.6. The summed E-state index contributed by atoms with van der Waals surface area (Å²) in [6, 6.07) is 12.3. The summed E-state index contributed by atoms with van der Waals surface area (Å²) in [5.74, 6) is -1.27. The van der Waals surface area contributed by atoms with Crippen molar-refractivity contribution in [1.29, 1.82) is 0 Å². The van der Waals surface area contributed by atoms with Crippen molar-refractivity contribution in [3.63, 3.8) is 0 Å². The first-order chi connectivity index (χ1) is 13.3. The molecule has 1 atom stereocenters. The Bertz CT molecular complexity index is 1080. The second-order valence-corrected chi connectivity index (χ2v) is 8.28. The second-order valence-electron chi connectivity index (χ2n) is 6.74. The fourth-order valence-corrected chi connectivity index (χ4v) is 4.66. The molecule has 0 bridgehead atoms. The number of amides is 1. The van der Waals surface area contributed by atoms with Gasteiger partial charge >= 0.3 is 10.2 Å². The van der Waals surface area contributed by atoms with E-state index < -0.39 is 22.0 Å². The second kappa shape index (κ2) is 6.75. The lowest BCUT2D eigenvalue weighted by atomic mass is 9.88. The molecule has 4 N–H and O–H groups in total. The molecule has 2 aromatic carbocycles.